The summed E-state index contributed by atoms with van der Waals surface area (Å²) in [5.74, 6) is -0.0172. The van der Waals surface area contributed by atoms with E-state index in [0.29, 0.717) is 32.1 Å². The highest BCUT2D eigenvalue weighted by molar-refractivity contribution is 5.32. The molecule has 0 radical (unpaired) electrons. The summed E-state index contributed by atoms with van der Waals surface area (Å²) in [7, 11) is 0. The Morgan fingerprint density at radius 3 is 1.45 bits per heavy atom. The molecule has 5 saturated heterocycles. The molecule has 5 aliphatic heterocycles. The van der Waals surface area contributed by atoms with E-state index >= 15 is 0 Å². The smallest absolute Gasteiger partial charge is 0.187 e. The molecule has 89 heavy (non-hydrogen) atoms. The topological polar surface area (TPSA) is 477 Å². The van der Waals surface area contributed by atoms with Gasteiger partial charge in [-0.2, -0.15) is 0 Å². The van der Waals surface area contributed by atoms with Crippen molar-refractivity contribution in [1.82, 2.24) is 0 Å². The molecule has 35 atom stereocenters. The minimum atomic E-state index is -1.96. The van der Waals surface area contributed by atoms with Crippen LogP contribution in [0.2, 0.25) is 0 Å². The average Bonchev–Trinajstić information content (AvgIpc) is 1.66. The van der Waals surface area contributed by atoms with Gasteiger partial charge in [-0.1, -0.05) is 53.2 Å². The summed E-state index contributed by atoms with van der Waals surface area (Å²) >= 11 is 0. The number of hydrogen-bond donors (Lipinski definition) is 19. The van der Waals surface area contributed by atoms with Crippen molar-refractivity contribution >= 4 is 0 Å². The van der Waals surface area contributed by atoms with Crippen LogP contribution in [0.5, 0.6) is 0 Å². The maximum absolute atomic E-state index is 12.8. The molecule has 5 heterocycles. The molecular weight excluding hydrogens is 1180 g/mol. The van der Waals surface area contributed by atoms with Gasteiger partial charge in [0.05, 0.1) is 56.9 Å². The number of aliphatic hydroxyl groups excluding tert-OH is 18. The Kier molecular flexibility index (Phi) is 22.3. The van der Waals surface area contributed by atoms with Crippen LogP contribution in [0.15, 0.2) is 11.6 Å². The van der Waals surface area contributed by atoms with E-state index < -0.39 is 227 Å². The molecule has 29 heteroatoms. The minimum Gasteiger partial charge on any atom is -0.394 e. The van der Waals surface area contributed by atoms with Gasteiger partial charge in [-0.3, -0.25) is 0 Å². The fraction of sp³-hybridized carbons (Fsp3) is 0.967. The summed E-state index contributed by atoms with van der Waals surface area (Å²) in [6.07, 6.45) is -37.4. The highest BCUT2D eigenvalue weighted by atomic mass is 16.8. The molecule has 3 saturated carbocycles. The van der Waals surface area contributed by atoms with Crippen molar-refractivity contribution in [1.29, 1.82) is 0 Å². The van der Waals surface area contributed by atoms with Crippen molar-refractivity contribution in [3.63, 3.8) is 0 Å². The highest BCUT2D eigenvalue weighted by Crippen LogP contribution is 2.75. The van der Waals surface area contributed by atoms with E-state index in [1.165, 1.54) is 13.8 Å². The number of fused-ring (bicyclic) bond motifs is 5. The van der Waals surface area contributed by atoms with Crippen LogP contribution in [0, 0.1) is 45.3 Å². The van der Waals surface area contributed by atoms with E-state index in [-0.39, 0.29) is 35.5 Å². The third-order valence-corrected chi connectivity index (χ3v) is 22.9. The second-order valence-corrected chi connectivity index (χ2v) is 28.7. The van der Waals surface area contributed by atoms with E-state index in [1.807, 2.05) is 13.8 Å². The second kappa shape index (κ2) is 27.6. The summed E-state index contributed by atoms with van der Waals surface area (Å²) in [6.45, 7) is 12.6. The standard InChI is InChI=1S/C60H102O29/c1-23(9-13-35(57(4,5)79)88-55-50(89-54-49(78)43(72)38(67)29(20-63)84-54)45(74)40(69)31(86-55)22-81-52-47(76)42(71)37(66)28(19-62)83-52)24-15-16-58(6)32-12-10-25-26(60(32,8)33(64)17-59(24,58)7)11-14-34(56(25,2)3)87-53-48(77)44(73)39(68)30(85-53)21-80-51-46(75)41(70)36(65)27(18-61)82-51/h10,23-24,26-55,61-79H,9,11-22H2,1-8H3/t23?,24-,26?,27?,28?,29?,30?,31?,32?,33+,34?,35?,36+,37-,38-,39+,40-,41+,42-,43-,44+,45-,46?,47?,48?,49?,50?,51+,52-,53-,54+,55+,58-,59?,60+/m0/s1. The van der Waals surface area contributed by atoms with Gasteiger partial charge in [-0.05, 0) is 99.7 Å². The normalized spacial score (nSPS) is 51.8. The van der Waals surface area contributed by atoms with E-state index in [0.717, 1.165) is 18.4 Å². The molecule has 16 unspecified atom stereocenters. The maximum Gasteiger partial charge on any atom is 0.187 e. The lowest BCUT2D eigenvalue weighted by Crippen LogP contribution is -2.65. The van der Waals surface area contributed by atoms with Crippen molar-refractivity contribution in [2.75, 3.05) is 33.0 Å². The number of allylic oxidation sites excluding steroid dienone is 1. The molecule has 29 nitrogen and oxygen atoms in total. The van der Waals surface area contributed by atoms with Crippen LogP contribution in [0.1, 0.15) is 107 Å². The van der Waals surface area contributed by atoms with Gasteiger partial charge in [0.15, 0.2) is 31.5 Å². The molecular formula is C60H102O29. The van der Waals surface area contributed by atoms with E-state index in [2.05, 4.69) is 33.8 Å². The van der Waals surface area contributed by atoms with Crippen LogP contribution < -0.4 is 0 Å². The molecule has 4 aliphatic carbocycles. The molecule has 0 aromatic carbocycles. The summed E-state index contributed by atoms with van der Waals surface area (Å²) in [5, 5.41) is 205. The molecule has 0 aromatic rings. The first kappa shape index (κ1) is 71.9. The summed E-state index contributed by atoms with van der Waals surface area (Å²) < 4.78 is 59.3. The van der Waals surface area contributed by atoms with E-state index in [9.17, 15) is 97.0 Å². The highest BCUT2D eigenvalue weighted by Gasteiger charge is 2.70. The SMILES string of the molecule is CC(CCC(O[C@H]1OC(CO[C@H]2OC(CO)[C@H](O)[C@H](O)C2O)[C@H](O)[C@H](O)C1O[C@H]1OC(CO)[C@H](O)[C@H](O)C1O)C(C)(C)O)[C@@H]1CC[C@@]2(C)C3CC=C4C(CCC(O[C@@H]5OC(CO[C@@H]6OC(CO)[C@@H](O)[C@@H](O)C6O)[C@@H](O)[C@@H](O)C5O)C4(C)C)[C@@]3(C)[C@H](O)CC12C. The Labute approximate surface area is 517 Å². The Morgan fingerprint density at radius 1 is 0.517 bits per heavy atom. The number of hydrogen-bond acceptors (Lipinski definition) is 29. The van der Waals surface area contributed by atoms with Crippen LogP contribution in [-0.2, 0) is 47.4 Å². The first-order valence-corrected chi connectivity index (χ1v) is 31.6. The molecule has 0 amide bonds. The van der Waals surface area contributed by atoms with E-state index in [4.69, 9.17) is 47.4 Å². The molecule has 516 valence electrons. The largest absolute Gasteiger partial charge is 0.394 e. The Bertz CT molecular complexity index is 2340. The van der Waals surface area contributed by atoms with Crippen molar-refractivity contribution in [3.05, 3.63) is 11.6 Å². The first-order valence-electron chi connectivity index (χ1n) is 31.6. The third-order valence-electron chi connectivity index (χ3n) is 22.9. The van der Waals surface area contributed by atoms with Crippen LogP contribution in [0.4, 0.5) is 0 Å². The summed E-state index contributed by atoms with van der Waals surface area (Å²) in [5.41, 5.74) is -2.49. The molecule has 19 N–H and O–H groups in total. The maximum atomic E-state index is 12.8. The Hall–Kier alpha value is -1.42. The zero-order valence-corrected chi connectivity index (χ0v) is 51.8. The predicted molar refractivity (Wildman–Crippen MR) is 300 cm³/mol. The van der Waals surface area contributed by atoms with Gasteiger partial charge in [0.1, 0.15) is 122 Å². The molecule has 0 aromatic heterocycles. The van der Waals surface area contributed by atoms with Crippen LogP contribution in [0.3, 0.4) is 0 Å². The minimum absolute atomic E-state index is 0.0310. The zero-order valence-electron chi connectivity index (χ0n) is 51.8. The Balaban J connectivity index is 0.883. The molecule has 8 fully saturated rings. The van der Waals surface area contributed by atoms with Gasteiger partial charge in [0.2, 0.25) is 0 Å². The third kappa shape index (κ3) is 13.1. The van der Waals surface area contributed by atoms with Gasteiger partial charge in [0, 0.05) is 10.8 Å². The van der Waals surface area contributed by atoms with Gasteiger partial charge >= 0.3 is 0 Å². The quantitative estimate of drug-likeness (QED) is 0.0506. The Morgan fingerprint density at radius 2 is 0.955 bits per heavy atom. The number of ether oxygens (including phenoxy) is 10. The zero-order chi connectivity index (χ0) is 65.5. The number of aliphatic hydroxyl groups is 19. The summed E-state index contributed by atoms with van der Waals surface area (Å²) in [6, 6.07) is 0. The van der Waals surface area contributed by atoms with Gasteiger partial charge < -0.3 is 144 Å². The van der Waals surface area contributed by atoms with Crippen molar-refractivity contribution < 1.29 is 144 Å². The second-order valence-electron chi connectivity index (χ2n) is 28.7. The molecule has 9 aliphatic rings. The van der Waals surface area contributed by atoms with Crippen LogP contribution >= 0.6 is 0 Å². The molecule has 0 spiro atoms. The van der Waals surface area contributed by atoms with Gasteiger partial charge in [0.25, 0.3) is 0 Å². The van der Waals surface area contributed by atoms with Crippen molar-refractivity contribution in [2.45, 2.75) is 284 Å². The first-order chi connectivity index (χ1) is 41.6. The summed E-state index contributed by atoms with van der Waals surface area (Å²) in [4.78, 5) is 0. The fourth-order valence-corrected chi connectivity index (χ4v) is 17.0. The fourth-order valence-electron chi connectivity index (χ4n) is 17.0. The lowest BCUT2D eigenvalue weighted by atomic mass is 9.38. The van der Waals surface area contributed by atoms with Gasteiger partial charge in [-0.25, -0.2) is 0 Å². The van der Waals surface area contributed by atoms with E-state index in [1.54, 1.807) is 0 Å². The monoisotopic (exact) mass is 1290 g/mol. The average molecular weight is 1290 g/mol. The van der Waals surface area contributed by atoms with Crippen molar-refractivity contribution in [3.8, 4) is 0 Å². The lowest BCUT2D eigenvalue weighted by Gasteiger charge is -2.67. The number of rotatable bonds is 20. The molecule has 0 bridgehead atoms. The van der Waals surface area contributed by atoms with Crippen LogP contribution in [0.25, 0.3) is 0 Å². The predicted octanol–water partition coefficient (Wildman–Crippen LogP) is -5.41. The van der Waals surface area contributed by atoms with Crippen molar-refractivity contribution in [2.24, 2.45) is 45.3 Å². The molecule has 9 rings (SSSR count). The van der Waals surface area contributed by atoms with Gasteiger partial charge in [-0.15, -0.1) is 0 Å². The van der Waals surface area contributed by atoms with Crippen LogP contribution in [-0.4, -0.2) is 308 Å². The lowest BCUT2D eigenvalue weighted by molar-refractivity contribution is -0.380.